The van der Waals surface area contributed by atoms with Crippen LogP contribution in [0.1, 0.15) is 59.3 Å². The summed E-state index contributed by atoms with van der Waals surface area (Å²) in [7, 11) is 0. The second kappa shape index (κ2) is 10.0. The molecule has 3 fully saturated rings. The van der Waals surface area contributed by atoms with Gasteiger partial charge in [-0.05, 0) is 56.8 Å². The topological polar surface area (TPSA) is 125 Å². The van der Waals surface area contributed by atoms with Gasteiger partial charge in [0, 0.05) is 19.0 Å². The van der Waals surface area contributed by atoms with Crippen LogP contribution >= 0.6 is 0 Å². The summed E-state index contributed by atoms with van der Waals surface area (Å²) < 4.78 is 41.1. The van der Waals surface area contributed by atoms with Crippen molar-refractivity contribution in [1.82, 2.24) is 15.5 Å². The smallest absolute Gasteiger partial charge is 0.380 e. The van der Waals surface area contributed by atoms with E-state index >= 15 is 0 Å². The van der Waals surface area contributed by atoms with Crippen molar-refractivity contribution in [3.8, 4) is 0 Å². The zero-order valence-electron chi connectivity index (χ0n) is 20.2. The maximum absolute atomic E-state index is 13.3. The van der Waals surface area contributed by atoms with Crippen molar-refractivity contribution in [3.63, 3.8) is 0 Å². The standard InChI is InChI=1S/C23H34F3N3O6/c1-13(2)9-21(3,34)20(33)29-12-22(5-6-22)10-16(29)19(32)28-15(8-14-4-7-27-18(14)31)17(30)11-35-23(24,25)26/h13-16,34H,4-12H2,1-3H3,(H,27,31)(H,28,32)/t14-,15-,16-,21?/m0/s1. The molecule has 1 saturated carbocycles. The summed E-state index contributed by atoms with van der Waals surface area (Å²) in [6, 6.07) is -2.36. The monoisotopic (exact) mass is 505 g/mol. The average molecular weight is 506 g/mol. The van der Waals surface area contributed by atoms with Crippen molar-refractivity contribution in [2.45, 2.75) is 83.3 Å². The number of Topliss-reactive ketones (excluding diaryl/α,β-unsaturated/α-hetero) is 1. The number of carbonyl (C=O) groups is 4. The summed E-state index contributed by atoms with van der Waals surface area (Å²) in [5, 5.41) is 15.9. The van der Waals surface area contributed by atoms with Crippen LogP contribution in [0.15, 0.2) is 0 Å². The van der Waals surface area contributed by atoms with E-state index in [9.17, 15) is 37.5 Å². The summed E-state index contributed by atoms with van der Waals surface area (Å²) in [4.78, 5) is 52.4. The van der Waals surface area contributed by atoms with E-state index in [1.807, 2.05) is 13.8 Å². The van der Waals surface area contributed by atoms with Crippen LogP contribution in [-0.2, 0) is 23.9 Å². The highest BCUT2D eigenvalue weighted by Crippen LogP contribution is 2.55. The van der Waals surface area contributed by atoms with Gasteiger partial charge in [-0.25, -0.2) is 0 Å². The maximum atomic E-state index is 13.3. The summed E-state index contributed by atoms with van der Waals surface area (Å²) in [6.07, 6.45) is -2.65. The molecule has 0 aromatic carbocycles. The Morgan fingerprint density at radius 1 is 1.29 bits per heavy atom. The van der Waals surface area contributed by atoms with Gasteiger partial charge in [-0.2, -0.15) is 0 Å². The molecule has 1 unspecified atom stereocenters. The minimum Gasteiger partial charge on any atom is -0.380 e. The Labute approximate surface area is 202 Å². The number of likely N-dealkylation sites (tertiary alicyclic amines) is 1. The quantitative estimate of drug-likeness (QED) is 0.411. The van der Waals surface area contributed by atoms with E-state index in [1.165, 1.54) is 11.8 Å². The number of alkyl halides is 3. The normalized spacial score (nSPS) is 25.9. The number of hydrogen-bond acceptors (Lipinski definition) is 6. The first-order valence-corrected chi connectivity index (χ1v) is 12.0. The molecule has 0 radical (unpaired) electrons. The second-order valence-electron chi connectivity index (χ2n) is 10.8. The summed E-state index contributed by atoms with van der Waals surface area (Å²) in [5.41, 5.74) is -1.92. The number of hydrogen-bond donors (Lipinski definition) is 3. The molecule has 2 saturated heterocycles. The molecule has 3 amide bonds. The lowest BCUT2D eigenvalue weighted by Crippen LogP contribution is -2.56. The molecular weight excluding hydrogens is 471 g/mol. The van der Waals surface area contributed by atoms with Crippen molar-refractivity contribution in [1.29, 1.82) is 0 Å². The van der Waals surface area contributed by atoms with Crippen molar-refractivity contribution in [2.24, 2.45) is 17.3 Å². The van der Waals surface area contributed by atoms with Crippen LogP contribution in [0.25, 0.3) is 0 Å². The number of nitrogens with zero attached hydrogens (tertiary/aromatic N) is 1. The Hall–Kier alpha value is -2.21. The number of halogens is 3. The Balaban J connectivity index is 1.76. The number of aliphatic hydroxyl groups is 1. The third-order valence-corrected chi connectivity index (χ3v) is 7.06. The van der Waals surface area contributed by atoms with Crippen molar-refractivity contribution in [3.05, 3.63) is 0 Å². The van der Waals surface area contributed by atoms with Gasteiger partial charge in [-0.3, -0.25) is 23.9 Å². The minimum absolute atomic E-state index is 0.0203. The van der Waals surface area contributed by atoms with Crippen LogP contribution in [0.4, 0.5) is 13.2 Å². The number of nitrogens with one attached hydrogen (secondary N) is 2. The molecule has 3 N–H and O–H groups in total. The first kappa shape index (κ1) is 27.4. The predicted molar refractivity (Wildman–Crippen MR) is 117 cm³/mol. The first-order chi connectivity index (χ1) is 16.1. The number of carbonyl (C=O) groups excluding carboxylic acids is 4. The highest BCUT2D eigenvalue weighted by molar-refractivity contribution is 5.95. The highest BCUT2D eigenvalue weighted by Gasteiger charge is 2.57. The van der Waals surface area contributed by atoms with Crippen molar-refractivity contribution < 1.29 is 42.2 Å². The molecule has 1 spiro atoms. The van der Waals surface area contributed by atoms with Gasteiger partial charge in [0.2, 0.25) is 11.8 Å². The molecule has 4 atom stereocenters. The van der Waals surface area contributed by atoms with E-state index in [2.05, 4.69) is 15.4 Å². The lowest BCUT2D eigenvalue weighted by molar-refractivity contribution is -0.321. The van der Waals surface area contributed by atoms with Gasteiger partial charge in [-0.15, -0.1) is 13.2 Å². The SMILES string of the molecule is CC(C)CC(C)(O)C(=O)N1CC2(CC2)C[C@H]1C(=O)N[C@@H](C[C@@H]1CCNC1=O)C(=O)COC(F)(F)F. The molecule has 0 aromatic heterocycles. The van der Waals surface area contributed by atoms with Crippen LogP contribution < -0.4 is 10.6 Å². The zero-order valence-corrected chi connectivity index (χ0v) is 20.2. The Morgan fingerprint density at radius 2 is 1.94 bits per heavy atom. The van der Waals surface area contributed by atoms with Crippen LogP contribution in [0.3, 0.4) is 0 Å². The number of ether oxygens (including phenoxy) is 1. The molecule has 35 heavy (non-hydrogen) atoms. The van der Waals surface area contributed by atoms with E-state index in [-0.39, 0.29) is 30.1 Å². The molecule has 0 bridgehead atoms. The van der Waals surface area contributed by atoms with Crippen LogP contribution in [0.5, 0.6) is 0 Å². The summed E-state index contributed by atoms with van der Waals surface area (Å²) in [5.74, 6) is -3.25. The van der Waals surface area contributed by atoms with Crippen molar-refractivity contribution >= 4 is 23.5 Å². The van der Waals surface area contributed by atoms with Gasteiger partial charge in [-0.1, -0.05) is 13.8 Å². The molecule has 3 aliphatic rings. The second-order valence-corrected chi connectivity index (χ2v) is 10.8. The fourth-order valence-corrected chi connectivity index (χ4v) is 5.18. The van der Waals surface area contributed by atoms with Gasteiger partial charge in [0.25, 0.3) is 5.91 Å². The molecule has 2 aliphatic heterocycles. The molecule has 2 heterocycles. The van der Waals surface area contributed by atoms with Crippen molar-refractivity contribution in [2.75, 3.05) is 19.7 Å². The lowest BCUT2D eigenvalue weighted by Gasteiger charge is -2.33. The molecule has 12 heteroatoms. The largest absolute Gasteiger partial charge is 0.522 e. The first-order valence-electron chi connectivity index (χ1n) is 12.0. The van der Waals surface area contributed by atoms with E-state index in [0.29, 0.717) is 25.9 Å². The van der Waals surface area contributed by atoms with E-state index in [1.54, 1.807) is 0 Å². The fraction of sp³-hybridized carbons (Fsp3) is 0.826. The third-order valence-electron chi connectivity index (χ3n) is 7.06. The maximum Gasteiger partial charge on any atom is 0.522 e. The molecule has 198 valence electrons. The van der Waals surface area contributed by atoms with Crippen LogP contribution in [0.2, 0.25) is 0 Å². The molecular formula is C23H34F3N3O6. The Bertz CT molecular complexity index is 856. The molecule has 1 aliphatic carbocycles. The van der Waals surface area contributed by atoms with E-state index < -0.39 is 54.2 Å². The van der Waals surface area contributed by atoms with Gasteiger partial charge >= 0.3 is 6.36 Å². The number of ketones is 1. The number of rotatable bonds is 10. The van der Waals surface area contributed by atoms with Gasteiger partial charge in [0.05, 0.1) is 6.04 Å². The molecule has 3 rings (SSSR count). The Kier molecular flexibility index (Phi) is 7.85. The predicted octanol–water partition coefficient (Wildman–Crippen LogP) is 1.28. The van der Waals surface area contributed by atoms with Gasteiger partial charge in [0.15, 0.2) is 5.78 Å². The fourth-order valence-electron chi connectivity index (χ4n) is 5.18. The Morgan fingerprint density at radius 3 is 2.46 bits per heavy atom. The van der Waals surface area contributed by atoms with Gasteiger partial charge < -0.3 is 20.6 Å². The number of amides is 3. The zero-order chi connectivity index (χ0) is 26.2. The third kappa shape index (κ3) is 6.93. The summed E-state index contributed by atoms with van der Waals surface area (Å²) in [6.45, 7) is 4.48. The van der Waals surface area contributed by atoms with E-state index in [0.717, 1.165) is 12.8 Å². The summed E-state index contributed by atoms with van der Waals surface area (Å²) >= 11 is 0. The molecule has 9 nitrogen and oxygen atoms in total. The van der Waals surface area contributed by atoms with Gasteiger partial charge in [0.1, 0.15) is 18.2 Å². The highest BCUT2D eigenvalue weighted by atomic mass is 19.4. The lowest BCUT2D eigenvalue weighted by atomic mass is 9.92. The van der Waals surface area contributed by atoms with Crippen LogP contribution in [-0.4, -0.2) is 77.3 Å². The molecule has 0 aromatic rings. The average Bonchev–Trinajstić information content (AvgIpc) is 3.19. The van der Waals surface area contributed by atoms with Crippen LogP contribution in [0, 0.1) is 17.3 Å². The minimum atomic E-state index is -5.02. The van der Waals surface area contributed by atoms with E-state index in [4.69, 9.17) is 0 Å².